The van der Waals surface area contributed by atoms with Gasteiger partial charge in [-0.2, -0.15) is 0 Å². The molecule has 122 valence electrons. The van der Waals surface area contributed by atoms with Gasteiger partial charge in [0.05, 0.1) is 19.3 Å². The fourth-order valence-electron chi connectivity index (χ4n) is 2.11. The summed E-state index contributed by atoms with van der Waals surface area (Å²) in [4.78, 5) is 10.9. The maximum atomic E-state index is 10.9. The van der Waals surface area contributed by atoms with Gasteiger partial charge >= 0.3 is 5.97 Å². The largest absolute Gasteiger partial charge is 0.497 e. The molecule has 0 fully saturated rings. The van der Waals surface area contributed by atoms with Crippen molar-refractivity contribution in [1.82, 2.24) is 5.32 Å². The van der Waals surface area contributed by atoms with Crippen LogP contribution in [-0.2, 0) is 6.54 Å². The number of carboxylic acids is 1. The van der Waals surface area contributed by atoms with Crippen molar-refractivity contribution < 1.29 is 19.4 Å². The number of methoxy groups -OCH3 is 1. The Labute approximate surface area is 135 Å². The summed E-state index contributed by atoms with van der Waals surface area (Å²) in [7, 11) is 1.63. The highest BCUT2D eigenvalue weighted by Crippen LogP contribution is 2.16. The fourth-order valence-corrected chi connectivity index (χ4v) is 2.11. The van der Waals surface area contributed by atoms with Gasteiger partial charge in [-0.05, 0) is 54.9 Å². The molecule has 5 nitrogen and oxygen atoms in total. The van der Waals surface area contributed by atoms with Crippen LogP contribution >= 0.6 is 0 Å². The molecule has 0 spiro atoms. The van der Waals surface area contributed by atoms with E-state index in [0.717, 1.165) is 30.0 Å². The highest BCUT2D eigenvalue weighted by Gasteiger charge is 2.02. The molecule has 0 aliphatic carbocycles. The van der Waals surface area contributed by atoms with Crippen LogP contribution in [0.1, 0.15) is 22.3 Å². The highest BCUT2D eigenvalue weighted by atomic mass is 16.5. The minimum absolute atomic E-state index is 0.312. The zero-order valence-electron chi connectivity index (χ0n) is 13.1. The molecule has 0 aliphatic heterocycles. The Morgan fingerprint density at radius 1 is 1.13 bits per heavy atom. The van der Waals surface area contributed by atoms with E-state index < -0.39 is 5.97 Å². The Balaban J connectivity index is 1.63. The summed E-state index contributed by atoms with van der Waals surface area (Å²) in [6, 6.07) is 14.4. The van der Waals surface area contributed by atoms with Crippen LogP contribution in [0.25, 0.3) is 0 Å². The minimum atomic E-state index is -0.903. The van der Waals surface area contributed by atoms with Gasteiger partial charge in [0.1, 0.15) is 11.5 Å². The van der Waals surface area contributed by atoms with Crippen LogP contribution in [0.2, 0.25) is 0 Å². The average molecular weight is 315 g/mol. The number of ether oxygens (including phenoxy) is 2. The number of carboxylic acid groups (broad SMARTS) is 1. The van der Waals surface area contributed by atoms with Gasteiger partial charge in [0, 0.05) is 6.54 Å². The third-order valence-corrected chi connectivity index (χ3v) is 3.33. The van der Waals surface area contributed by atoms with Gasteiger partial charge in [-0.3, -0.25) is 0 Å². The van der Waals surface area contributed by atoms with E-state index in [9.17, 15) is 4.79 Å². The van der Waals surface area contributed by atoms with E-state index in [0.29, 0.717) is 18.7 Å². The number of carbonyl (C=O) groups is 1. The number of hydrogen-bond acceptors (Lipinski definition) is 4. The highest BCUT2D eigenvalue weighted by molar-refractivity contribution is 5.87. The van der Waals surface area contributed by atoms with Crippen LogP contribution in [0.4, 0.5) is 0 Å². The van der Waals surface area contributed by atoms with Gasteiger partial charge in [0.25, 0.3) is 0 Å². The van der Waals surface area contributed by atoms with Crippen molar-refractivity contribution >= 4 is 5.97 Å². The first-order chi connectivity index (χ1) is 11.2. The van der Waals surface area contributed by atoms with Crippen LogP contribution in [0.15, 0.2) is 48.5 Å². The summed E-state index contributed by atoms with van der Waals surface area (Å²) in [6.07, 6.45) is 0.866. The molecule has 2 aromatic rings. The molecule has 0 aromatic heterocycles. The van der Waals surface area contributed by atoms with E-state index >= 15 is 0 Å². The summed E-state index contributed by atoms with van der Waals surface area (Å²) in [5.41, 5.74) is 1.27. The summed E-state index contributed by atoms with van der Waals surface area (Å²) >= 11 is 0. The van der Waals surface area contributed by atoms with Crippen LogP contribution in [0.5, 0.6) is 11.5 Å². The lowest BCUT2D eigenvalue weighted by Gasteiger charge is -2.08. The molecule has 0 saturated heterocycles. The molecule has 2 aromatic carbocycles. The van der Waals surface area contributed by atoms with Gasteiger partial charge in [0.15, 0.2) is 0 Å². The van der Waals surface area contributed by atoms with Crippen LogP contribution < -0.4 is 14.8 Å². The molecule has 2 rings (SSSR count). The van der Waals surface area contributed by atoms with Gasteiger partial charge in [-0.15, -0.1) is 0 Å². The van der Waals surface area contributed by atoms with Crippen molar-refractivity contribution in [3.63, 3.8) is 0 Å². The smallest absolute Gasteiger partial charge is 0.335 e. The van der Waals surface area contributed by atoms with E-state index in [1.54, 1.807) is 25.3 Å². The standard InChI is InChI=1S/C18H21NO4/c1-22-16-6-8-17(9-7-16)23-11-3-10-19-13-14-4-2-5-15(12-14)18(20)21/h2,4-9,12,19H,3,10-11,13H2,1H3,(H,20,21). The SMILES string of the molecule is COc1ccc(OCCCNCc2cccc(C(=O)O)c2)cc1. The molecule has 0 aliphatic rings. The molecule has 5 heteroatoms. The van der Waals surface area contributed by atoms with Crippen molar-refractivity contribution in [2.45, 2.75) is 13.0 Å². The van der Waals surface area contributed by atoms with E-state index in [-0.39, 0.29) is 0 Å². The number of aromatic carboxylic acids is 1. The van der Waals surface area contributed by atoms with Crippen molar-refractivity contribution in [3.8, 4) is 11.5 Å². The Morgan fingerprint density at radius 2 is 1.87 bits per heavy atom. The molecule has 0 unspecified atom stereocenters. The van der Waals surface area contributed by atoms with Gasteiger partial charge in [-0.25, -0.2) is 4.79 Å². The third kappa shape index (κ3) is 5.64. The second-order valence-electron chi connectivity index (χ2n) is 5.06. The van der Waals surface area contributed by atoms with Gasteiger partial charge < -0.3 is 19.9 Å². The molecule has 0 bridgehead atoms. The van der Waals surface area contributed by atoms with Crippen LogP contribution in [-0.4, -0.2) is 31.3 Å². The third-order valence-electron chi connectivity index (χ3n) is 3.33. The summed E-state index contributed by atoms with van der Waals surface area (Å²) in [5.74, 6) is 0.724. The lowest BCUT2D eigenvalue weighted by atomic mass is 10.1. The monoisotopic (exact) mass is 315 g/mol. The predicted molar refractivity (Wildman–Crippen MR) is 88.2 cm³/mol. The first-order valence-electron chi connectivity index (χ1n) is 7.49. The maximum Gasteiger partial charge on any atom is 0.335 e. The molecule has 2 N–H and O–H groups in total. The second-order valence-corrected chi connectivity index (χ2v) is 5.06. The molecule has 0 amide bonds. The first kappa shape index (κ1) is 16.8. The van der Waals surface area contributed by atoms with E-state index in [2.05, 4.69) is 5.32 Å². The Morgan fingerprint density at radius 3 is 2.57 bits per heavy atom. The van der Waals surface area contributed by atoms with E-state index in [1.807, 2.05) is 30.3 Å². The van der Waals surface area contributed by atoms with Crippen molar-refractivity contribution in [3.05, 3.63) is 59.7 Å². The van der Waals surface area contributed by atoms with E-state index in [4.69, 9.17) is 14.6 Å². The summed E-state index contributed by atoms with van der Waals surface area (Å²) < 4.78 is 10.7. The van der Waals surface area contributed by atoms with Crippen molar-refractivity contribution in [1.29, 1.82) is 0 Å². The first-order valence-corrected chi connectivity index (χ1v) is 7.49. The summed E-state index contributed by atoms with van der Waals surface area (Å²) in [6.45, 7) is 2.06. The maximum absolute atomic E-state index is 10.9. The normalized spacial score (nSPS) is 10.3. The topological polar surface area (TPSA) is 67.8 Å². The number of nitrogens with one attached hydrogen (secondary N) is 1. The van der Waals surface area contributed by atoms with Crippen LogP contribution in [0, 0.1) is 0 Å². The lowest BCUT2D eigenvalue weighted by Crippen LogP contribution is -2.17. The molecule has 0 atom stereocenters. The average Bonchev–Trinajstić information content (AvgIpc) is 2.58. The lowest BCUT2D eigenvalue weighted by molar-refractivity contribution is 0.0696. The molecule has 0 radical (unpaired) electrons. The van der Waals surface area contributed by atoms with E-state index in [1.165, 1.54) is 0 Å². The van der Waals surface area contributed by atoms with Crippen molar-refractivity contribution in [2.75, 3.05) is 20.3 Å². The predicted octanol–water partition coefficient (Wildman–Crippen LogP) is 2.95. The fraction of sp³-hybridized carbons (Fsp3) is 0.278. The molecule has 23 heavy (non-hydrogen) atoms. The zero-order valence-corrected chi connectivity index (χ0v) is 13.1. The number of benzene rings is 2. The molecule has 0 saturated carbocycles. The second kappa shape index (κ2) is 8.80. The van der Waals surface area contributed by atoms with Crippen molar-refractivity contribution in [2.24, 2.45) is 0 Å². The Hall–Kier alpha value is -2.53. The molecular weight excluding hydrogens is 294 g/mol. The number of rotatable bonds is 9. The Bertz CT molecular complexity index is 625. The van der Waals surface area contributed by atoms with Gasteiger partial charge in [-0.1, -0.05) is 12.1 Å². The Kier molecular flexibility index (Phi) is 6.44. The summed E-state index contributed by atoms with van der Waals surface area (Å²) in [5, 5.41) is 12.2. The number of hydrogen-bond donors (Lipinski definition) is 2. The van der Waals surface area contributed by atoms with Crippen LogP contribution in [0.3, 0.4) is 0 Å². The minimum Gasteiger partial charge on any atom is -0.497 e. The molecule has 0 heterocycles. The quantitative estimate of drug-likeness (QED) is 0.696. The van der Waals surface area contributed by atoms with Gasteiger partial charge in [0.2, 0.25) is 0 Å². The molecular formula is C18H21NO4. The zero-order chi connectivity index (χ0) is 16.5.